The average molecular weight is 249 g/mol. The van der Waals surface area contributed by atoms with Crippen molar-refractivity contribution in [2.24, 2.45) is 0 Å². The third-order valence-corrected chi connectivity index (χ3v) is 2.74. The normalized spacial score (nSPS) is 13.0. The maximum absolute atomic E-state index is 13.0. The molecule has 0 radical (unpaired) electrons. The van der Waals surface area contributed by atoms with E-state index < -0.39 is 17.7 Å². The largest absolute Gasteiger partial charge is 0.505 e. The van der Waals surface area contributed by atoms with Gasteiger partial charge in [0.2, 0.25) is 0 Å². The molecule has 0 saturated heterocycles. The monoisotopic (exact) mass is 248 g/mol. The third kappa shape index (κ3) is 1.84. The Morgan fingerprint density at radius 3 is 2.54 bits per heavy atom. The van der Waals surface area contributed by atoms with Gasteiger partial charge >= 0.3 is 0 Å². The van der Waals surface area contributed by atoms with Crippen molar-refractivity contribution in [3.05, 3.63) is 27.5 Å². The highest BCUT2D eigenvalue weighted by Crippen LogP contribution is 2.34. The molecule has 0 aliphatic heterocycles. The van der Waals surface area contributed by atoms with Crippen LogP contribution in [0.4, 0.5) is 4.39 Å². The van der Waals surface area contributed by atoms with Crippen molar-refractivity contribution >= 4 is 15.9 Å². The number of aliphatic hydroxyl groups excluding tert-OH is 1. The summed E-state index contributed by atoms with van der Waals surface area (Å²) in [6.07, 6.45) is -0.882. The van der Waals surface area contributed by atoms with Crippen molar-refractivity contribution in [2.45, 2.75) is 20.0 Å². The summed E-state index contributed by atoms with van der Waals surface area (Å²) >= 11 is 3.14. The highest BCUT2D eigenvalue weighted by molar-refractivity contribution is 9.10. The van der Waals surface area contributed by atoms with Crippen LogP contribution in [0, 0.1) is 12.7 Å². The molecule has 0 aliphatic carbocycles. The molecular weight excluding hydrogens is 239 g/mol. The number of hydrogen-bond donors (Lipinski definition) is 2. The lowest BCUT2D eigenvalue weighted by atomic mass is 10.0. The van der Waals surface area contributed by atoms with Gasteiger partial charge in [-0.25, -0.2) is 4.39 Å². The number of rotatable bonds is 1. The Labute approximate surface area is 84.1 Å². The second kappa shape index (κ2) is 3.64. The smallest absolute Gasteiger partial charge is 0.166 e. The lowest BCUT2D eigenvalue weighted by Crippen LogP contribution is -1.98. The second-order valence-electron chi connectivity index (χ2n) is 2.90. The molecule has 0 heterocycles. The summed E-state index contributed by atoms with van der Waals surface area (Å²) in [6.45, 7) is 3.18. The summed E-state index contributed by atoms with van der Waals surface area (Å²) in [5.74, 6) is -1.20. The Kier molecular flexibility index (Phi) is 2.93. The molecule has 0 bridgehead atoms. The molecule has 0 aromatic heterocycles. The van der Waals surface area contributed by atoms with E-state index in [0.29, 0.717) is 10.0 Å². The minimum Gasteiger partial charge on any atom is -0.505 e. The molecular formula is C9H10BrFO2. The van der Waals surface area contributed by atoms with E-state index in [1.54, 1.807) is 6.92 Å². The van der Waals surface area contributed by atoms with Crippen LogP contribution in [0.1, 0.15) is 24.2 Å². The lowest BCUT2D eigenvalue weighted by molar-refractivity contribution is 0.192. The van der Waals surface area contributed by atoms with Crippen molar-refractivity contribution < 1.29 is 14.6 Å². The number of phenolic OH excluding ortho intramolecular Hbond substituents is 1. The van der Waals surface area contributed by atoms with E-state index >= 15 is 0 Å². The van der Waals surface area contributed by atoms with E-state index in [1.165, 1.54) is 13.0 Å². The molecule has 0 spiro atoms. The van der Waals surface area contributed by atoms with Gasteiger partial charge in [0, 0.05) is 10.0 Å². The van der Waals surface area contributed by atoms with E-state index in [2.05, 4.69) is 15.9 Å². The number of halogens is 2. The Hall–Kier alpha value is -0.610. The Balaban J connectivity index is 3.46. The van der Waals surface area contributed by atoms with Gasteiger partial charge in [-0.05, 0) is 25.5 Å². The summed E-state index contributed by atoms with van der Waals surface area (Å²) in [7, 11) is 0. The highest BCUT2D eigenvalue weighted by atomic mass is 79.9. The standard InChI is InChI=1S/C9H10BrFO2/c1-4-6(10)3-7(11)9(13)8(4)5(2)12/h3,5,12-13H,1-2H3. The van der Waals surface area contributed by atoms with E-state index in [4.69, 9.17) is 0 Å². The molecule has 1 atom stereocenters. The molecule has 13 heavy (non-hydrogen) atoms. The predicted molar refractivity (Wildman–Crippen MR) is 51.1 cm³/mol. The van der Waals surface area contributed by atoms with E-state index in [0.717, 1.165) is 0 Å². The first-order valence-electron chi connectivity index (χ1n) is 3.80. The molecule has 0 saturated carbocycles. The van der Waals surface area contributed by atoms with Gasteiger partial charge in [0.05, 0.1) is 6.10 Å². The molecule has 1 unspecified atom stereocenters. The second-order valence-corrected chi connectivity index (χ2v) is 3.76. The van der Waals surface area contributed by atoms with E-state index in [-0.39, 0.29) is 5.56 Å². The molecule has 2 nitrogen and oxygen atoms in total. The van der Waals surface area contributed by atoms with E-state index in [1.807, 2.05) is 0 Å². The van der Waals surface area contributed by atoms with Crippen LogP contribution < -0.4 is 0 Å². The van der Waals surface area contributed by atoms with Crippen LogP contribution in [0.25, 0.3) is 0 Å². The minimum atomic E-state index is -0.882. The molecule has 1 aromatic carbocycles. The van der Waals surface area contributed by atoms with Gasteiger partial charge in [-0.3, -0.25) is 0 Å². The lowest BCUT2D eigenvalue weighted by Gasteiger charge is -2.13. The maximum Gasteiger partial charge on any atom is 0.166 e. The molecule has 1 aromatic rings. The fraction of sp³-hybridized carbons (Fsp3) is 0.333. The van der Waals surface area contributed by atoms with Gasteiger partial charge < -0.3 is 10.2 Å². The molecule has 72 valence electrons. The van der Waals surface area contributed by atoms with Crippen LogP contribution in [0.5, 0.6) is 5.75 Å². The maximum atomic E-state index is 13.0. The number of phenols is 1. The predicted octanol–water partition coefficient (Wildman–Crippen LogP) is 2.66. The first-order chi connectivity index (χ1) is 5.95. The van der Waals surface area contributed by atoms with Gasteiger partial charge in [-0.1, -0.05) is 15.9 Å². The van der Waals surface area contributed by atoms with Gasteiger partial charge in [-0.2, -0.15) is 0 Å². The molecule has 0 fully saturated rings. The zero-order chi connectivity index (χ0) is 10.2. The van der Waals surface area contributed by atoms with Crippen molar-refractivity contribution in [3.63, 3.8) is 0 Å². The quantitative estimate of drug-likeness (QED) is 0.803. The average Bonchev–Trinajstić information content (AvgIpc) is 2.01. The van der Waals surface area contributed by atoms with Crippen LogP contribution in [-0.2, 0) is 0 Å². The zero-order valence-corrected chi connectivity index (χ0v) is 8.89. The summed E-state index contributed by atoms with van der Waals surface area (Å²) in [6, 6.07) is 1.18. The fourth-order valence-corrected chi connectivity index (χ4v) is 1.65. The molecule has 4 heteroatoms. The number of benzene rings is 1. The van der Waals surface area contributed by atoms with Crippen molar-refractivity contribution in [1.29, 1.82) is 0 Å². The SMILES string of the molecule is Cc1c(Br)cc(F)c(O)c1C(C)O. The fourth-order valence-electron chi connectivity index (χ4n) is 1.23. The van der Waals surface area contributed by atoms with Crippen LogP contribution in [0.2, 0.25) is 0 Å². The Morgan fingerprint density at radius 1 is 1.54 bits per heavy atom. The zero-order valence-electron chi connectivity index (χ0n) is 7.31. The van der Waals surface area contributed by atoms with Crippen molar-refractivity contribution in [2.75, 3.05) is 0 Å². The van der Waals surface area contributed by atoms with Crippen LogP contribution in [-0.4, -0.2) is 10.2 Å². The van der Waals surface area contributed by atoms with Gasteiger partial charge in [-0.15, -0.1) is 0 Å². The minimum absolute atomic E-state index is 0.229. The first-order valence-corrected chi connectivity index (χ1v) is 4.60. The third-order valence-electron chi connectivity index (χ3n) is 1.91. The van der Waals surface area contributed by atoms with Gasteiger partial charge in [0.1, 0.15) is 0 Å². The number of hydrogen-bond acceptors (Lipinski definition) is 2. The number of aliphatic hydroxyl groups is 1. The number of aromatic hydroxyl groups is 1. The molecule has 0 aliphatic rings. The Morgan fingerprint density at radius 2 is 2.08 bits per heavy atom. The van der Waals surface area contributed by atoms with Gasteiger partial charge in [0.25, 0.3) is 0 Å². The van der Waals surface area contributed by atoms with Crippen molar-refractivity contribution in [1.82, 2.24) is 0 Å². The summed E-state index contributed by atoms with van der Waals surface area (Å²) < 4.78 is 13.5. The summed E-state index contributed by atoms with van der Waals surface area (Å²) in [4.78, 5) is 0. The van der Waals surface area contributed by atoms with Gasteiger partial charge in [0.15, 0.2) is 11.6 Å². The van der Waals surface area contributed by atoms with Crippen LogP contribution in [0.15, 0.2) is 10.5 Å². The molecule has 2 N–H and O–H groups in total. The molecule has 1 rings (SSSR count). The van der Waals surface area contributed by atoms with Crippen molar-refractivity contribution in [3.8, 4) is 5.75 Å². The highest BCUT2D eigenvalue weighted by Gasteiger charge is 2.17. The summed E-state index contributed by atoms with van der Waals surface area (Å²) in [5, 5.41) is 18.6. The molecule has 0 amide bonds. The summed E-state index contributed by atoms with van der Waals surface area (Å²) in [5.41, 5.74) is 0.876. The van der Waals surface area contributed by atoms with Crippen LogP contribution >= 0.6 is 15.9 Å². The van der Waals surface area contributed by atoms with Crippen LogP contribution in [0.3, 0.4) is 0 Å². The topological polar surface area (TPSA) is 40.5 Å². The first kappa shape index (κ1) is 10.5. The Bertz CT molecular complexity index is 311. The van der Waals surface area contributed by atoms with E-state index in [9.17, 15) is 14.6 Å².